The van der Waals surface area contributed by atoms with Crippen LogP contribution >= 0.6 is 0 Å². The van der Waals surface area contributed by atoms with Crippen molar-refractivity contribution < 1.29 is 26.2 Å². The summed E-state index contributed by atoms with van der Waals surface area (Å²) in [6.45, 7) is 2.25. The van der Waals surface area contributed by atoms with E-state index in [1.165, 1.54) is 0 Å². The third-order valence-corrected chi connectivity index (χ3v) is 0.224. The standard InChI is InChI=1S/C3H8O.Pt/c1-2-3-4;/h4H,2-3H2,1H3;/q;+2. The molecule has 0 atom stereocenters. The molecule has 0 saturated carbocycles. The van der Waals surface area contributed by atoms with Crippen LogP contribution in [0.3, 0.4) is 0 Å². The van der Waals surface area contributed by atoms with Crippen LogP contribution in [0.15, 0.2) is 0 Å². The van der Waals surface area contributed by atoms with Crippen molar-refractivity contribution in [2.75, 3.05) is 6.61 Å². The van der Waals surface area contributed by atoms with Gasteiger partial charge in [-0.2, -0.15) is 0 Å². The third-order valence-electron chi connectivity index (χ3n) is 0.224. The molecular weight excluding hydrogens is 247 g/mol. The smallest absolute Gasteiger partial charge is 0.396 e. The minimum absolute atomic E-state index is 0. The fourth-order valence-electron chi connectivity index (χ4n) is 0. The van der Waals surface area contributed by atoms with E-state index >= 15 is 0 Å². The summed E-state index contributed by atoms with van der Waals surface area (Å²) in [5.41, 5.74) is 0. The Morgan fingerprint density at radius 2 is 1.80 bits per heavy atom. The molecule has 0 aromatic rings. The first-order chi connectivity index (χ1) is 1.91. The van der Waals surface area contributed by atoms with Gasteiger partial charge in [-0.25, -0.2) is 0 Å². The molecule has 1 nitrogen and oxygen atoms in total. The van der Waals surface area contributed by atoms with Crippen molar-refractivity contribution in [2.45, 2.75) is 13.3 Å². The quantitative estimate of drug-likeness (QED) is 0.718. The van der Waals surface area contributed by atoms with Crippen LogP contribution in [0, 0.1) is 0 Å². The van der Waals surface area contributed by atoms with Gasteiger partial charge in [-0.1, -0.05) is 6.92 Å². The van der Waals surface area contributed by atoms with Gasteiger partial charge in [-0.05, 0) is 6.42 Å². The molecule has 1 N–H and O–H groups in total. The van der Waals surface area contributed by atoms with Gasteiger partial charge in [0.1, 0.15) is 0 Å². The van der Waals surface area contributed by atoms with Crippen LogP contribution < -0.4 is 0 Å². The van der Waals surface area contributed by atoms with Crippen LogP contribution in [-0.2, 0) is 21.1 Å². The van der Waals surface area contributed by atoms with Gasteiger partial charge >= 0.3 is 21.1 Å². The zero-order valence-electron chi connectivity index (χ0n) is 3.18. The SMILES string of the molecule is CCCO.[Pt+2]. The molecule has 5 heavy (non-hydrogen) atoms. The van der Waals surface area contributed by atoms with Crippen molar-refractivity contribution in [1.82, 2.24) is 0 Å². The molecule has 0 aliphatic rings. The second-order valence-corrected chi connectivity index (χ2v) is 0.724. The zero-order valence-corrected chi connectivity index (χ0v) is 5.45. The number of hydrogen-bond donors (Lipinski definition) is 1. The third kappa shape index (κ3) is 12.0. The van der Waals surface area contributed by atoms with E-state index in [1.807, 2.05) is 6.92 Å². The first-order valence-electron chi connectivity index (χ1n) is 1.52. The average Bonchev–Trinajstić information content (AvgIpc) is 1.37. The molecule has 0 aliphatic heterocycles. The second-order valence-electron chi connectivity index (χ2n) is 0.724. The van der Waals surface area contributed by atoms with E-state index in [1.54, 1.807) is 0 Å². The fraction of sp³-hybridized carbons (Fsp3) is 1.00. The van der Waals surface area contributed by atoms with Crippen LogP contribution in [0.25, 0.3) is 0 Å². The van der Waals surface area contributed by atoms with E-state index < -0.39 is 0 Å². The summed E-state index contributed by atoms with van der Waals surface area (Å²) in [5, 5.41) is 7.88. The summed E-state index contributed by atoms with van der Waals surface area (Å²) in [6, 6.07) is 0. The molecule has 0 fully saturated rings. The molecule has 0 amide bonds. The topological polar surface area (TPSA) is 20.2 Å². The molecule has 0 saturated heterocycles. The Morgan fingerprint density at radius 3 is 1.80 bits per heavy atom. The molecule has 2 heteroatoms. The van der Waals surface area contributed by atoms with E-state index in [-0.39, 0.29) is 21.1 Å². The van der Waals surface area contributed by atoms with Crippen LogP contribution in [0.2, 0.25) is 0 Å². The summed E-state index contributed by atoms with van der Waals surface area (Å²) in [5.74, 6) is 0. The first kappa shape index (κ1) is 9.17. The summed E-state index contributed by atoms with van der Waals surface area (Å²) in [7, 11) is 0. The molecule has 0 radical (unpaired) electrons. The predicted molar refractivity (Wildman–Crippen MR) is 17.4 cm³/mol. The van der Waals surface area contributed by atoms with Gasteiger partial charge in [-0.3, -0.25) is 0 Å². The van der Waals surface area contributed by atoms with E-state index in [0.29, 0.717) is 6.61 Å². The molecule has 0 rings (SSSR count). The van der Waals surface area contributed by atoms with Crippen LogP contribution in [0.5, 0.6) is 0 Å². The Bertz CT molecular complexity index is 8.85. The normalized spacial score (nSPS) is 6.00. The molecule has 0 unspecified atom stereocenters. The van der Waals surface area contributed by atoms with Gasteiger partial charge < -0.3 is 5.11 Å². The van der Waals surface area contributed by atoms with E-state index in [0.717, 1.165) is 6.42 Å². The van der Waals surface area contributed by atoms with Crippen molar-refractivity contribution in [1.29, 1.82) is 0 Å². The Morgan fingerprint density at radius 1 is 1.60 bits per heavy atom. The summed E-state index contributed by atoms with van der Waals surface area (Å²) in [4.78, 5) is 0. The monoisotopic (exact) mass is 255 g/mol. The van der Waals surface area contributed by atoms with Gasteiger partial charge in [0, 0.05) is 6.61 Å². The zero-order chi connectivity index (χ0) is 3.41. The van der Waals surface area contributed by atoms with Crippen molar-refractivity contribution in [3.8, 4) is 0 Å². The Labute approximate surface area is 46.7 Å². The molecule has 34 valence electrons. The summed E-state index contributed by atoms with van der Waals surface area (Å²) < 4.78 is 0. The molecule has 0 aromatic carbocycles. The maximum atomic E-state index is 7.88. The summed E-state index contributed by atoms with van der Waals surface area (Å²) in [6.07, 6.45) is 0.875. The van der Waals surface area contributed by atoms with Gasteiger partial charge in [0.2, 0.25) is 0 Å². The maximum Gasteiger partial charge on any atom is 2.00 e. The van der Waals surface area contributed by atoms with E-state index in [4.69, 9.17) is 5.11 Å². The van der Waals surface area contributed by atoms with Crippen molar-refractivity contribution in [3.05, 3.63) is 0 Å². The first-order valence-corrected chi connectivity index (χ1v) is 1.52. The largest absolute Gasteiger partial charge is 2.00 e. The van der Waals surface area contributed by atoms with Crippen LogP contribution in [-0.4, -0.2) is 11.7 Å². The minimum Gasteiger partial charge on any atom is -0.396 e. The summed E-state index contributed by atoms with van der Waals surface area (Å²) >= 11 is 0. The maximum absolute atomic E-state index is 7.88. The Kier molecular flexibility index (Phi) is 16.2. The number of hydrogen-bond acceptors (Lipinski definition) is 1. The minimum atomic E-state index is 0. The van der Waals surface area contributed by atoms with Gasteiger partial charge in [0.15, 0.2) is 0 Å². The molecule has 0 aromatic heterocycles. The average molecular weight is 255 g/mol. The molecule has 0 aliphatic carbocycles. The second kappa shape index (κ2) is 8.82. The fourth-order valence-corrected chi connectivity index (χ4v) is 0. The molecular formula is C3H8OPt+2. The van der Waals surface area contributed by atoms with Gasteiger partial charge in [0.25, 0.3) is 0 Å². The Hall–Kier alpha value is 0.648. The van der Waals surface area contributed by atoms with Gasteiger partial charge in [-0.15, -0.1) is 0 Å². The number of aliphatic hydroxyl groups is 1. The van der Waals surface area contributed by atoms with Crippen molar-refractivity contribution >= 4 is 0 Å². The number of rotatable bonds is 1. The molecule has 0 heterocycles. The number of aliphatic hydroxyl groups excluding tert-OH is 1. The van der Waals surface area contributed by atoms with Crippen molar-refractivity contribution in [2.24, 2.45) is 0 Å². The molecule has 0 bridgehead atoms. The van der Waals surface area contributed by atoms with Crippen molar-refractivity contribution in [3.63, 3.8) is 0 Å². The predicted octanol–water partition coefficient (Wildman–Crippen LogP) is 0.386. The van der Waals surface area contributed by atoms with Crippen LogP contribution in [0.4, 0.5) is 0 Å². The van der Waals surface area contributed by atoms with Crippen LogP contribution in [0.1, 0.15) is 13.3 Å². The Balaban J connectivity index is 0. The van der Waals surface area contributed by atoms with E-state index in [9.17, 15) is 0 Å². The van der Waals surface area contributed by atoms with E-state index in [2.05, 4.69) is 0 Å². The van der Waals surface area contributed by atoms with Gasteiger partial charge in [0.05, 0.1) is 0 Å². The molecule has 0 spiro atoms.